The van der Waals surface area contributed by atoms with Crippen molar-refractivity contribution in [2.24, 2.45) is 0 Å². The van der Waals surface area contributed by atoms with Crippen LogP contribution in [0.25, 0.3) is 0 Å². The van der Waals surface area contributed by atoms with Crippen molar-refractivity contribution < 1.29 is 13.2 Å². The maximum Gasteiger partial charge on any atom is 0.246 e. The molecule has 0 saturated heterocycles. The summed E-state index contributed by atoms with van der Waals surface area (Å²) in [6.45, 7) is 4.12. The molecule has 0 radical (unpaired) electrons. The molecule has 0 N–H and O–H groups in total. The average molecular weight is 281 g/mol. The van der Waals surface area contributed by atoms with Gasteiger partial charge in [0.05, 0.1) is 6.61 Å². The number of hydrogen-bond donors (Lipinski definition) is 0. The summed E-state index contributed by atoms with van der Waals surface area (Å²) in [4.78, 5) is 3.66. The number of rotatable bonds is 7. The van der Waals surface area contributed by atoms with E-state index in [-0.39, 0.29) is 30.3 Å². The highest BCUT2D eigenvalue weighted by atomic mass is 32.2. The second-order valence-corrected chi connectivity index (χ2v) is 5.51. The molecule has 0 amide bonds. The Morgan fingerprint density at radius 1 is 1.63 bits per heavy atom. The highest BCUT2D eigenvalue weighted by molar-refractivity contribution is 7.89. The third kappa shape index (κ3) is 3.61. The van der Waals surface area contributed by atoms with Crippen LogP contribution < -0.4 is 0 Å². The van der Waals surface area contributed by atoms with Gasteiger partial charge < -0.3 is 4.74 Å². The molecule has 19 heavy (non-hydrogen) atoms. The predicted molar refractivity (Wildman–Crippen MR) is 69.8 cm³/mol. The van der Waals surface area contributed by atoms with E-state index in [2.05, 4.69) is 11.6 Å². The standard InChI is InChI=1S/C12H15N3O3S/c1-3-7-15(8-9-18-2)19(16,17)12-5-4-6-14-11(12)10-13/h3-6H,1,7-9H2,2H3. The number of sulfonamides is 1. The van der Waals surface area contributed by atoms with Gasteiger partial charge in [-0.15, -0.1) is 6.58 Å². The minimum absolute atomic E-state index is 0.101. The van der Waals surface area contributed by atoms with Crippen LogP contribution in [0.4, 0.5) is 0 Å². The Morgan fingerprint density at radius 2 is 2.37 bits per heavy atom. The van der Waals surface area contributed by atoms with Gasteiger partial charge in [0.2, 0.25) is 10.0 Å². The Hall–Kier alpha value is -1.75. The van der Waals surface area contributed by atoms with Gasteiger partial charge in [0.25, 0.3) is 0 Å². The zero-order valence-corrected chi connectivity index (χ0v) is 11.4. The predicted octanol–water partition coefficient (Wildman–Crippen LogP) is 0.776. The molecule has 1 rings (SSSR count). The summed E-state index contributed by atoms with van der Waals surface area (Å²) >= 11 is 0. The quantitative estimate of drug-likeness (QED) is 0.689. The lowest BCUT2D eigenvalue weighted by Gasteiger charge is -2.20. The fourth-order valence-electron chi connectivity index (χ4n) is 1.47. The molecule has 1 aromatic rings. The smallest absolute Gasteiger partial charge is 0.246 e. The van der Waals surface area contributed by atoms with E-state index in [9.17, 15) is 8.42 Å². The largest absolute Gasteiger partial charge is 0.383 e. The molecular weight excluding hydrogens is 266 g/mol. The van der Waals surface area contributed by atoms with Crippen LogP contribution in [0.5, 0.6) is 0 Å². The summed E-state index contributed by atoms with van der Waals surface area (Å²) < 4.78 is 31.0. The minimum Gasteiger partial charge on any atom is -0.383 e. The zero-order valence-electron chi connectivity index (χ0n) is 10.6. The third-order valence-electron chi connectivity index (χ3n) is 2.37. The molecule has 0 aliphatic carbocycles. The number of pyridine rings is 1. The number of hydrogen-bond acceptors (Lipinski definition) is 5. The van der Waals surface area contributed by atoms with E-state index in [1.807, 2.05) is 0 Å². The summed E-state index contributed by atoms with van der Waals surface area (Å²) in [6.07, 6.45) is 2.86. The molecule has 0 atom stereocenters. The molecule has 0 aliphatic rings. The van der Waals surface area contributed by atoms with E-state index in [0.29, 0.717) is 0 Å². The summed E-state index contributed by atoms with van der Waals surface area (Å²) in [5.74, 6) is 0. The number of ether oxygens (including phenoxy) is 1. The Kier molecular flexibility index (Phi) is 5.63. The van der Waals surface area contributed by atoms with Crippen molar-refractivity contribution in [2.75, 3.05) is 26.8 Å². The second-order valence-electron chi connectivity index (χ2n) is 3.61. The molecule has 7 heteroatoms. The van der Waals surface area contributed by atoms with Crippen molar-refractivity contribution in [3.05, 3.63) is 36.7 Å². The van der Waals surface area contributed by atoms with Crippen LogP contribution >= 0.6 is 0 Å². The van der Waals surface area contributed by atoms with Crippen molar-refractivity contribution in [3.8, 4) is 6.07 Å². The highest BCUT2D eigenvalue weighted by Crippen LogP contribution is 2.17. The summed E-state index contributed by atoms with van der Waals surface area (Å²) in [6, 6.07) is 4.63. The van der Waals surface area contributed by atoms with Crippen molar-refractivity contribution in [3.63, 3.8) is 0 Å². The Bertz CT molecular complexity index is 578. The monoisotopic (exact) mass is 281 g/mol. The van der Waals surface area contributed by atoms with Gasteiger partial charge in [-0.05, 0) is 12.1 Å². The normalized spacial score (nSPS) is 11.2. The van der Waals surface area contributed by atoms with E-state index in [0.717, 1.165) is 0 Å². The molecule has 0 aliphatic heterocycles. The molecule has 0 aromatic carbocycles. The average Bonchev–Trinajstić information content (AvgIpc) is 2.43. The molecule has 1 aromatic heterocycles. The molecule has 0 unspecified atom stereocenters. The van der Waals surface area contributed by atoms with Crippen molar-refractivity contribution in [1.29, 1.82) is 5.26 Å². The summed E-state index contributed by atoms with van der Waals surface area (Å²) in [7, 11) is -2.29. The Morgan fingerprint density at radius 3 is 2.95 bits per heavy atom. The Balaban J connectivity index is 3.19. The maximum atomic E-state index is 12.4. The molecule has 0 bridgehead atoms. The van der Waals surface area contributed by atoms with Gasteiger partial charge in [-0.2, -0.15) is 9.57 Å². The first-order valence-corrected chi connectivity index (χ1v) is 6.97. The lowest BCUT2D eigenvalue weighted by molar-refractivity contribution is 0.182. The van der Waals surface area contributed by atoms with Crippen molar-refractivity contribution >= 4 is 10.0 Å². The fourth-order valence-corrected chi connectivity index (χ4v) is 2.96. The van der Waals surface area contributed by atoms with Crippen LogP contribution in [-0.4, -0.2) is 44.5 Å². The van der Waals surface area contributed by atoms with Gasteiger partial charge in [-0.25, -0.2) is 13.4 Å². The lowest BCUT2D eigenvalue weighted by Crippen LogP contribution is -2.34. The second kappa shape index (κ2) is 6.99. The van der Waals surface area contributed by atoms with Gasteiger partial charge in [-0.1, -0.05) is 6.08 Å². The molecule has 0 fully saturated rings. The maximum absolute atomic E-state index is 12.4. The molecule has 1 heterocycles. The highest BCUT2D eigenvalue weighted by Gasteiger charge is 2.26. The lowest BCUT2D eigenvalue weighted by atomic mass is 10.4. The van der Waals surface area contributed by atoms with Crippen molar-refractivity contribution in [2.45, 2.75) is 4.90 Å². The van der Waals surface area contributed by atoms with Crippen LogP contribution in [0.2, 0.25) is 0 Å². The zero-order chi connectivity index (χ0) is 14.3. The topological polar surface area (TPSA) is 83.3 Å². The summed E-state index contributed by atoms with van der Waals surface area (Å²) in [5, 5.41) is 8.93. The van der Waals surface area contributed by atoms with Gasteiger partial charge in [-0.3, -0.25) is 0 Å². The van der Waals surface area contributed by atoms with Gasteiger partial charge >= 0.3 is 0 Å². The van der Waals surface area contributed by atoms with Gasteiger partial charge in [0.15, 0.2) is 5.69 Å². The fraction of sp³-hybridized carbons (Fsp3) is 0.333. The molecule has 102 valence electrons. The number of nitrogens with zero attached hydrogens (tertiary/aromatic N) is 3. The van der Waals surface area contributed by atoms with E-state index >= 15 is 0 Å². The molecular formula is C12H15N3O3S. The molecule has 6 nitrogen and oxygen atoms in total. The number of nitriles is 1. The van der Waals surface area contributed by atoms with Gasteiger partial charge in [0.1, 0.15) is 11.0 Å². The van der Waals surface area contributed by atoms with Crippen molar-refractivity contribution in [1.82, 2.24) is 9.29 Å². The van der Waals surface area contributed by atoms with Gasteiger partial charge in [0, 0.05) is 26.4 Å². The van der Waals surface area contributed by atoms with Crippen LogP contribution in [-0.2, 0) is 14.8 Å². The summed E-state index contributed by atoms with van der Waals surface area (Å²) in [5.41, 5.74) is -0.117. The third-order valence-corrected chi connectivity index (χ3v) is 4.27. The first-order valence-electron chi connectivity index (χ1n) is 5.53. The van der Waals surface area contributed by atoms with Crippen LogP contribution in [0.15, 0.2) is 35.9 Å². The number of methoxy groups -OCH3 is 1. The van der Waals surface area contributed by atoms with E-state index in [1.54, 1.807) is 6.07 Å². The van der Waals surface area contributed by atoms with Crippen LogP contribution in [0, 0.1) is 11.3 Å². The number of aromatic nitrogens is 1. The van der Waals surface area contributed by atoms with Crippen LogP contribution in [0.1, 0.15) is 5.69 Å². The first-order chi connectivity index (χ1) is 9.07. The van der Waals surface area contributed by atoms with E-state index in [1.165, 1.54) is 35.8 Å². The van der Waals surface area contributed by atoms with E-state index in [4.69, 9.17) is 10.00 Å². The van der Waals surface area contributed by atoms with Crippen LogP contribution in [0.3, 0.4) is 0 Å². The minimum atomic E-state index is -3.78. The molecule has 0 saturated carbocycles. The first kappa shape index (κ1) is 15.3. The molecule has 0 spiro atoms. The Labute approximate surface area is 113 Å². The van der Waals surface area contributed by atoms with E-state index < -0.39 is 10.0 Å². The SMILES string of the molecule is C=CCN(CCOC)S(=O)(=O)c1cccnc1C#N.